The summed E-state index contributed by atoms with van der Waals surface area (Å²) in [4.78, 5) is 46.2. The van der Waals surface area contributed by atoms with E-state index in [4.69, 9.17) is 19.7 Å². The van der Waals surface area contributed by atoms with Crippen LogP contribution >= 0.6 is 0 Å². The Bertz CT molecular complexity index is 1230. The molecule has 0 spiro atoms. The van der Waals surface area contributed by atoms with Crippen LogP contribution in [-0.4, -0.2) is 70.8 Å². The van der Waals surface area contributed by atoms with Gasteiger partial charge in [-0.2, -0.15) is 4.98 Å². The Labute approximate surface area is 253 Å². The van der Waals surface area contributed by atoms with Crippen LogP contribution in [0.4, 0.5) is 10.8 Å². The molecular formula is C31H46N6O6. The van der Waals surface area contributed by atoms with Crippen LogP contribution in [0.3, 0.4) is 0 Å². The van der Waals surface area contributed by atoms with E-state index in [2.05, 4.69) is 27.3 Å². The minimum Gasteiger partial charge on any atom is -0.494 e. The molecule has 2 fully saturated rings. The molecule has 2 aliphatic heterocycles. The SMILES string of the molecule is CCc1noc(N2CCC([C@H](C)CCOc3ccc([C@H](NC(=O)OC(C)(C)C)C(=O)N4CCC[C@H]4C(N)=O)cc3)CC2)n1. The standard InChI is InChI=1S/C31H46N6O6/c1-6-25-33-29(43-35-25)36-17-13-21(14-18-36)20(2)15-19-41-23-11-9-22(10-12-23)26(34-30(40)42-31(3,4)5)28(39)37-16-7-8-24(37)27(32)38/h9-12,20-21,24,26H,6-8,13-19H2,1-5H3,(H2,32,38)(H,34,40)/t20-,24+,26+/m1/s1. The van der Waals surface area contributed by atoms with E-state index in [1.165, 1.54) is 4.90 Å². The van der Waals surface area contributed by atoms with Crippen molar-refractivity contribution in [1.29, 1.82) is 0 Å². The number of piperidine rings is 1. The molecular weight excluding hydrogens is 552 g/mol. The highest BCUT2D eigenvalue weighted by Crippen LogP contribution is 2.30. The normalized spacial score (nSPS) is 19.1. The van der Waals surface area contributed by atoms with Gasteiger partial charge in [0, 0.05) is 26.1 Å². The van der Waals surface area contributed by atoms with Crippen molar-refractivity contribution < 1.29 is 28.4 Å². The van der Waals surface area contributed by atoms with E-state index in [-0.39, 0.29) is 0 Å². The minimum absolute atomic E-state index is 0.397. The average molecular weight is 599 g/mol. The maximum absolute atomic E-state index is 13.6. The number of hydrogen-bond acceptors (Lipinski definition) is 9. The number of likely N-dealkylation sites (tertiary alicyclic amines) is 1. The first-order valence-corrected chi connectivity index (χ1v) is 15.3. The van der Waals surface area contributed by atoms with Crippen molar-refractivity contribution >= 4 is 23.9 Å². The molecule has 1 aromatic carbocycles. The molecule has 0 aliphatic carbocycles. The van der Waals surface area contributed by atoms with Crippen LogP contribution in [0.5, 0.6) is 5.75 Å². The zero-order valence-electron chi connectivity index (χ0n) is 26.0. The summed E-state index contributed by atoms with van der Waals surface area (Å²) in [7, 11) is 0. The van der Waals surface area contributed by atoms with E-state index in [9.17, 15) is 14.4 Å². The van der Waals surface area contributed by atoms with Gasteiger partial charge < -0.3 is 34.8 Å². The molecule has 0 saturated carbocycles. The number of benzene rings is 1. The second-order valence-corrected chi connectivity index (χ2v) is 12.5. The van der Waals surface area contributed by atoms with Gasteiger partial charge in [-0.15, -0.1) is 0 Å². The van der Waals surface area contributed by atoms with Crippen molar-refractivity contribution in [3.8, 4) is 5.75 Å². The molecule has 2 saturated heterocycles. The molecule has 3 N–H and O–H groups in total. The number of alkyl carbamates (subject to hydrolysis) is 1. The van der Waals surface area contributed by atoms with Crippen LogP contribution < -0.4 is 20.7 Å². The van der Waals surface area contributed by atoms with Crippen molar-refractivity contribution in [3.05, 3.63) is 35.7 Å². The summed E-state index contributed by atoms with van der Waals surface area (Å²) >= 11 is 0. The molecule has 2 aliphatic rings. The highest BCUT2D eigenvalue weighted by molar-refractivity contribution is 5.92. The van der Waals surface area contributed by atoms with Gasteiger partial charge in [-0.25, -0.2) is 4.79 Å². The Hall–Kier alpha value is -3.83. The van der Waals surface area contributed by atoms with E-state index in [1.54, 1.807) is 45.0 Å². The van der Waals surface area contributed by atoms with Gasteiger partial charge >= 0.3 is 12.1 Å². The Morgan fingerprint density at radius 3 is 2.42 bits per heavy atom. The van der Waals surface area contributed by atoms with Crippen molar-refractivity contribution in [2.24, 2.45) is 17.6 Å². The van der Waals surface area contributed by atoms with Gasteiger partial charge in [0.25, 0.3) is 5.91 Å². The third kappa shape index (κ3) is 8.61. The third-order valence-electron chi connectivity index (χ3n) is 8.22. The van der Waals surface area contributed by atoms with Crippen molar-refractivity contribution in [1.82, 2.24) is 20.4 Å². The third-order valence-corrected chi connectivity index (χ3v) is 8.22. The van der Waals surface area contributed by atoms with Crippen LogP contribution in [0.15, 0.2) is 28.8 Å². The lowest BCUT2D eigenvalue weighted by Gasteiger charge is -2.33. The van der Waals surface area contributed by atoms with Gasteiger partial charge in [0.1, 0.15) is 23.4 Å². The van der Waals surface area contributed by atoms with Crippen LogP contribution in [0, 0.1) is 11.8 Å². The number of ether oxygens (including phenoxy) is 2. The van der Waals surface area contributed by atoms with E-state index < -0.39 is 35.6 Å². The molecule has 12 nitrogen and oxygen atoms in total. The molecule has 3 atom stereocenters. The number of nitrogens with zero attached hydrogens (tertiary/aromatic N) is 4. The van der Waals surface area contributed by atoms with Gasteiger partial charge in [0.2, 0.25) is 5.91 Å². The second kappa shape index (κ2) is 14.1. The number of primary amides is 1. The average Bonchev–Trinajstić information content (AvgIpc) is 3.66. The Morgan fingerprint density at radius 2 is 1.81 bits per heavy atom. The number of carbonyl (C=O) groups excluding carboxylic acids is 3. The quantitative estimate of drug-likeness (QED) is 0.391. The first-order valence-electron chi connectivity index (χ1n) is 15.3. The summed E-state index contributed by atoms with van der Waals surface area (Å²) < 4.78 is 16.9. The zero-order valence-corrected chi connectivity index (χ0v) is 26.0. The maximum atomic E-state index is 13.6. The monoisotopic (exact) mass is 598 g/mol. The predicted octanol–water partition coefficient (Wildman–Crippen LogP) is 4.00. The van der Waals surface area contributed by atoms with Crippen LogP contribution in [-0.2, 0) is 20.7 Å². The summed E-state index contributed by atoms with van der Waals surface area (Å²) in [5.74, 6) is 1.55. The molecule has 4 rings (SSSR count). The Balaban J connectivity index is 1.31. The number of nitrogens with one attached hydrogen (secondary N) is 1. The smallest absolute Gasteiger partial charge is 0.408 e. The summed E-state index contributed by atoms with van der Waals surface area (Å²) in [6.07, 6.45) is 4.25. The van der Waals surface area contributed by atoms with Gasteiger partial charge in [-0.1, -0.05) is 31.1 Å². The molecule has 0 radical (unpaired) electrons. The lowest BCUT2D eigenvalue weighted by Crippen LogP contribution is -2.49. The Kier molecular flexibility index (Phi) is 10.5. The Morgan fingerprint density at radius 1 is 1.12 bits per heavy atom. The number of amides is 3. The first kappa shape index (κ1) is 32.1. The van der Waals surface area contributed by atoms with Gasteiger partial charge in [-0.3, -0.25) is 9.59 Å². The summed E-state index contributed by atoms with van der Waals surface area (Å²) in [6.45, 7) is 12.3. The van der Waals surface area contributed by atoms with E-state index in [0.29, 0.717) is 55.2 Å². The summed E-state index contributed by atoms with van der Waals surface area (Å²) in [5.41, 5.74) is 5.37. The fourth-order valence-electron chi connectivity index (χ4n) is 5.74. The van der Waals surface area contributed by atoms with E-state index in [0.717, 1.165) is 44.6 Å². The van der Waals surface area contributed by atoms with Gasteiger partial charge in [-0.05, 0) is 82.4 Å². The number of anilines is 1. The number of carbonyl (C=O) groups is 3. The molecule has 236 valence electrons. The molecule has 1 aromatic heterocycles. The van der Waals surface area contributed by atoms with Crippen LogP contribution in [0.1, 0.15) is 84.2 Å². The fraction of sp³-hybridized carbons (Fsp3) is 0.645. The first-order chi connectivity index (χ1) is 20.4. The van der Waals surface area contributed by atoms with Gasteiger partial charge in [0.05, 0.1) is 6.61 Å². The molecule has 43 heavy (non-hydrogen) atoms. The highest BCUT2D eigenvalue weighted by atomic mass is 16.6. The largest absolute Gasteiger partial charge is 0.494 e. The van der Waals surface area contributed by atoms with Crippen LogP contribution in [0.2, 0.25) is 0 Å². The topological polar surface area (TPSA) is 153 Å². The van der Waals surface area contributed by atoms with Crippen molar-refractivity contribution in [2.75, 3.05) is 31.1 Å². The van der Waals surface area contributed by atoms with Crippen molar-refractivity contribution in [2.45, 2.75) is 90.8 Å². The van der Waals surface area contributed by atoms with Crippen LogP contribution in [0.25, 0.3) is 0 Å². The molecule has 3 heterocycles. The molecule has 12 heteroatoms. The lowest BCUT2D eigenvalue weighted by atomic mass is 9.84. The predicted molar refractivity (Wildman–Crippen MR) is 160 cm³/mol. The number of hydrogen-bond donors (Lipinski definition) is 2. The summed E-state index contributed by atoms with van der Waals surface area (Å²) in [6, 6.07) is 5.99. The van der Waals surface area contributed by atoms with Gasteiger partial charge in [0.15, 0.2) is 5.82 Å². The maximum Gasteiger partial charge on any atom is 0.408 e. The highest BCUT2D eigenvalue weighted by Gasteiger charge is 2.38. The number of rotatable bonds is 11. The minimum atomic E-state index is -1.03. The van der Waals surface area contributed by atoms with E-state index in [1.807, 2.05) is 6.92 Å². The number of aryl methyl sites for hydroxylation is 1. The lowest BCUT2D eigenvalue weighted by molar-refractivity contribution is -0.139. The molecule has 0 bridgehead atoms. The number of nitrogens with two attached hydrogens (primary N) is 1. The zero-order chi connectivity index (χ0) is 31.1. The van der Waals surface area contributed by atoms with E-state index >= 15 is 0 Å². The second-order valence-electron chi connectivity index (χ2n) is 12.5. The molecule has 3 amide bonds. The summed E-state index contributed by atoms with van der Waals surface area (Å²) in [5, 5.41) is 6.70. The fourth-order valence-corrected chi connectivity index (χ4v) is 5.74. The number of aromatic nitrogens is 2. The molecule has 2 aromatic rings. The molecule has 0 unspecified atom stereocenters. The van der Waals surface area contributed by atoms with Crippen molar-refractivity contribution in [3.63, 3.8) is 0 Å².